The van der Waals surface area contributed by atoms with Crippen molar-refractivity contribution in [2.45, 2.75) is 26.4 Å². The van der Waals surface area contributed by atoms with Gasteiger partial charge in [0.25, 0.3) is 0 Å². The normalized spacial score (nSPS) is 10.4. The third kappa shape index (κ3) is 3.31. The molecule has 1 N–H and O–H groups in total. The van der Waals surface area contributed by atoms with Crippen LogP contribution in [0.25, 0.3) is 0 Å². The van der Waals surface area contributed by atoms with E-state index in [4.69, 9.17) is 4.74 Å². The highest BCUT2D eigenvalue weighted by Crippen LogP contribution is 2.34. The molecule has 7 nitrogen and oxygen atoms in total. The minimum Gasteiger partial charge on any atom is -0.475 e. The van der Waals surface area contributed by atoms with Gasteiger partial charge < -0.3 is 10.1 Å². The Kier molecular flexibility index (Phi) is 4.76. The van der Waals surface area contributed by atoms with Gasteiger partial charge in [0.1, 0.15) is 0 Å². The molecule has 2 aromatic rings. The van der Waals surface area contributed by atoms with Crippen molar-refractivity contribution in [3.8, 4) is 5.88 Å². The fourth-order valence-electron chi connectivity index (χ4n) is 2.06. The zero-order valence-electron chi connectivity index (χ0n) is 12.1. The van der Waals surface area contributed by atoms with E-state index in [1.807, 2.05) is 37.3 Å². The molecule has 1 aromatic carbocycles. The number of benzene rings is 1. The van der Waals surface area contributed by atoms with Gasteiger partial charge >= 0.3 is 11.6 Å². The maximum absolute atomic E-state index is 11.3. The number of nitrogens with zero attached hydrogens (tertiary/aromatic N) is 3. The van der Waals surface area contributed by atoms with Crippen LogP contribution < -0.4 is 10.1 Å². The summed E-state index contributed by atoms with van der Waals surface area (Å²) in [5, 5.41) is 18.5. The Morgan fingerprint density at radius 1 is 1.38 bits per heavy atom. The van der Waals surface area contributed by atoms with Crippen LogP contribution in [-0.4, -0.2) is 21.8 Å². The van der Waals surface area contributed by atoms with E-state index in [0.29, 0.717) is 18.9 Å². The second-order valence-electron chi connectivity index (χ2n) is 4.53. The zero-order valence-corrected chi connectivity index (χ0v) is 12.1. The van der Waals surface area contributed by atoms with Gasteiger partial charge in [-0.05, 0) is 12.0 Å². The summed E-state index contributed by atoms with van der Waals surface area (Å²) in [7, 11) is 1.38. The van der Waals surface area contributed by atoms with Gasteiger partial charge in [0.05, 0.1) is 12.0 Å². The minimum atomic E-state index is -0.467. The molecule has 0 spiro atoms. The van der Waals surface area contributed by atoms with E-state index >= 15 is 0 Å². The fourth-order valence-corrected chi connectivity index (χ4v) is 2.06. The molecule has 2 rings (SSSR count). The number of nitrogens with one attached hydrogen (secondary N) is 1. The first-order chi connectivity index (χ1) is 10.2. The number of nitro groups is 1. The summed E-state index contributed by atoms with van der Waals surface area (Å²) in [5.74, 6) is 0.409. The van der Waals surface area contributed by atoms with Crippen molar-refractivity contribution in [2.75, 3.05) is 12.4 Å². The zero-order chi connectivity index (χ0) is 15.2. The summed E-state index contributed by atoms with van der Waals surface area (Å²) in [6, 6.07) is 9.69. The predicted molar refractivity (Wildman–Crippen MR) is 79.5 cm³/mol. The first-order valence-electron chi connectivity index (χ1n) is 6.74. The van der Waals surface area contributed by atoms with Crippen molar-refractivity contribution in [3.63, 3.8) is 0 Å². The molecule has 0 saturated heterocycles. The highest BCUT2D eigenvalue weighted by atomic mass is 16.6. The minimum absolute atomic E-state index is 0.0315. The number of anilines is 1. The molecule has 1 heterocycles. The van der Waals surface area contributed by atoms with Gasteiger partial charge in [0, 0.05) is 13.1 Å². The third-order valence-corrected chi connectivity index (χ3v) is 3.01. The Labute approximate surface area is 122 Å². The maximum atomic E-state index is 11.3. The van der Waals surface area contributed by atoms with Crippen molar-refractivity contribution >= 4 is 11.5 Å². The Hall–Kier alpha value is -2.57. The van der Waals surface area contributed by atoms with Crippen LogP contribution in [0.1, 0.15) is 18.9 Å². The third-order valence-electron chi connectivity index (χ3n) is 3.01. The Balaban J connectivity index is 2.30. The lowest BCUT2D eigenvalue weighted by atomic mass is 10.2. The molecule has 0 saturated carbocycles. The van der Waals surface area contributed by atoms with Crippen LogP contribution in [0, 0.1) is 10.1 Å². The molecule has 112 valence electrons. The summed E-state index contributed by atoms with van der Waals surface area (Å²) >= 11 is 0. The molecule has 0 aliphatic carbocycles. The van der Waals surface area contributed by atoms with Gasteiger partial charge in [0.15, 0.2) is 0 Å². The van der Waals surface area contributed by atoms with E-state index in [-0.39, 0.29) is 11.6 Å². The molecule has 7 heteroatoms. The quantitative estimate of drug-likeness (QED) is 0.626. The van der Waals surface area contributed by atoms with Crippen LogP contribution >= 0.6 is 0 Å². The monoisotopic (exact) mass is 290 g/mol. The summed E-state index contributed by atoms with van der Waals surface area (Å²) < 4.78 is 6.60. The Bertz CT molecular complexity index is 610. The van der Waals surface area contributed by atoms with Gasteiger partial charge in [0.2, 0.25) is 5.82 Å². The van der Waals surface area contributed by atoms with Crippen LogP contribution in [0.15, 0.2) is 30.3 Å². The lowest BCUT2D eigenvalue weighted by molar-refractivity contribution is -0.384. The van der Waals surface area contributed by atoms with Gasteiger partial charge in [-0.15, -0.1) is 5.10 Å². The van der Waals surface area contributed by atoms with Crippen LogP contribution in [-0.2, 0) is 13.1 Å². The Morgan fingerprint density at radius 2 is 2.10 bits per heavy atom. The second-order valence-corrected chi connectivity index (χ2v) is 4.53. The lowest BCUT2D eigenvalue weighted by Gasteiger charge is -2.08. The molecule has 0 aliphatic rings. The molecule has 0 aliphatic heterocycles. The summed E-state index contributed by atoms with van der Waals surface area (Å²) in [6.45, 7) is 3.06. The largest absolute Gasteiger partial charge is 0.475 e. The summed E-state index contributed by atoms with van der Waals surface area (Å²) in [5.41, 5.74) is 0.914. The van der Waals surface area contributed by atoms with Crippen molar-refractivity contribution in [3.05, 3.63) is 46.0 Å². The van der Waals surface area contributed by atoms with E-state index in [1.165, 1.54) is 7.11 Å². The molecule has 0 fully saturated rings. The van der Waals surface area contributed by atoms with Crippen molar-refractivity contribution in [1.82, 2.24) is 9.78 Å². The first-order valence-corrected chi connectivity index (χ1v) is 6.74. The van der Waals surface area contributed by atoms with Gasteiger partial charge in [-0.1, -0.05) is 37.3 Å². The van der Waals surface area contributed by atoms with E-state index in [2.05, 4.69) is 10.4 Å². The average molecular weight is 290 g/mol. The van der Waals surface area contributed by atoms with Crippen LogP contribution in [0.3, 0.4) is 0 Å². The number of ether oxygens (including phenoxy) is 1. The van der Waals surface area contributed by atoms with E-state index < -0.39 is 4.92 Å². The standard InChI is InChI=1S/C14H18N4O3/c1-3-9-17-13(12(18(19)20)14(16-17)21-2)15-10-11-7-5-4-6-8-11/h4-8,15H,3,9-10H2,1-2H3. The van der Waals surface area contributed by atoms with E-state index in [0.717, 1.165) is 12.0 Å². The van der Waals surface area contributed by atoms with Crippen LogP contribution in [0.5, 0.6) is 5.88 Å². The highest BCUT2D eigenvalue weighted by Gasteiger charge is 2.28. The van der Waals surface area contributed by atoms with Crippen molar-refractivity contribution < 1.29 is 9.66 Å². The average Bonchev–Trinajstić information content (AvgIpc) is 2.84. The molecule has 0 unspecified atom stereocenters. The SMILES string of the molecule is CCCn1nc(OC)c([N+](=O)[O-])c1NCc1ccccc1. The van der Waals surface area contributed by atoms with Crippen LogP contribution in [0.4, 0.5) is 11.5 Å². The van der Waals surface area contributed by atoms with Gasteiger partial charge in [-0.2, -0.15) is 0 Å². The molecule has 0 bridgehead atoms. The molecule has 0 atom stereocenters. The summed E-state index contributed by atoms with van der Waals surface area (Å²) in [6.07, 6.45) is 0.821. The number of rotatable bonds is 7. The van der Waals surface area contributed by atoms with Crippen LogP contribution in [0.2, 0.25) is 0 Å². The molecule has 1 aromatic heterocycles. The number of aromatic nitrogens is 2. The van der Waals surface area contributed by atoms with E-state index in [9.17, 15) is 10.1 Å². The molecule has 21 heavy (non-hydrogen) atoms. The second kappa shape index (κ2) is 6.74. The van der Waals surface area contributed by atoms with Gasteiger partial charge in [-0.25, -0.2) is 4.68 Å². The molecular weight excluding hydrogens is 272 g/mol. The molecule has 0 radical (unpaired) electrons. The molecule has 0 amide bonds. The molecular formula is C14H18N4O3. The lowest BCUT2D eigenvalue weighted by Crippen LogP contribution is -2.09. The fraction of sp³-hybridized carbons (Fsp3) is 0.357. The Morgan fingerprint density at radius 3 is 2.67 bits per heavy atom. The smallest absolute Gasteiger partial charge is 0.373 e. The van der Waals surface area contributed by atoms with Crippen molar-refractivity contribution in [1.29, 1.82) is 0 Å². The first kappa shape index (κ1) is 14.8. The topological polar surface area (TPSA) is 82.2 Å². The maximum Gasteiger partial charge on any atom is 0.373 e. The van der Waals surface area contributed by atoms with E-state index in [1.54, 1.807) is 4.68 Å². The highest BCUT2D eigenvalue weighted by molar-refractivity contribution is 5.63. The number of hydrogen-bond acceptors (Lipinski definition) is 5. The van der Waals surface area contributed by atoms with Crippen molar-refractivity contribution in [2.24, 2.45) is 0 Å². The predicted octanol–water partition coefficient (Wildman–Crippen LogP) is 2.82. The van der Waals surface area contributed by atoms with Gasteiger partial charge in [-0.3, -0.25) is 10.1 Å². The number of aryl methyl sites for hydroxylation is 1. The number of hydrogen-bond donors (Lipinski definition) is 1. The summed E-state index contributed by atoms with van der Waals surface area (Å²) in [4.78, 5) is 10.8. The number of methoxy groups -OCH3 is 1.